The predicted molar refractivity (Wildman–Crippen MR) is 102 cm³/mol. The van der Waals surface area contributed by atoms with E-state index in [0.29, 0.717) is 11.0 Å². The van der Waals surface area contributed by atoms with Gasteiger partial charge in [0.05, 0.1) is 10.6 Å². The third kappa shape index (κ3) is 3.26. The van der Waals surface area contributed by atoms with Gasteiger partial charge in [-0.25, -0.2) is 9.67 Å². The van der Waals surface area contributed by atoms with Crippen LogP contribution in [-0.4, -0.2) is 30.9 Å². The Morgan fingerprint density at radius 3 is 2.69 bits per heavy atom. The second kappa shape index (κ2) is 7.14. The van der Waals surface area contributed by atoms with Crippen LogP contribution in [0.15, 0.2) is 47.8 Å². The van der Waals surface area contributed by atoms with Gasteiger partial charge in [-0.2, -0.15) is 0 Å². The molecule has 1 N–H and O–H groups in total. The zero-order valence-corrected chi connectivity index (χ0v) is 15.4. The monoisotopic (exact) mass is 382 g/mol. The van der Waals surface area contributed by atoms with E-state index in [1.807, 2.05) is 54.8 Å². The van der Waals surface area contributed by atoms with Crippen LogP contribution in [0.2, 0.25) is 0 Å². The lowest BCUT2D eigenvalue weighted by Gasteiger charge is -2.03. The minimum absolute atomic E-state index is 0.0884. The Morgan fingerprint density at radius 1 is 1.15 bits per heavy atom. The van der Waals surface area contributed by atoms with Crippen LogP contribution >= 0.6 is 22.7 Å². The summed E-state index contributed by atoms with van der Waals surface area (Å²) in [4.78, 5) is 18.0. The number of hydrogen-bond donors (Lipinski definition) is 1. The van der Waals surface area contributed by atoms with Gasteiger partial charge in [-0.1, -0.05) is 42.5 Å². The zero-order valence-electron chi connectivity index (χ0n) is 13.8. The number of thiophene rings is 1. The molecule has 26 heavy (non-hydrogen) atoms. The fraction of sp³-hybridized carbons (Fsp3) is 0.118. The van der Waals surface area contributed by atoms with Gasteiger partial charge in [-0.05, 0) is 30.0 Å². The Hall–Kier alpha value is -2.91. The van der Waals surface area contributed by atoms with E-state index in [0.717, 1.165) is 22.0 Å². The molecule has 0 spiro atoms. The SMILES string of the molecule is CCc1nnc(NC(=O)c2nc(-c3cccs3)n(-c3ccccc3)n2)s1. The molecular weight excluding hydrogens is 368 g/mol. The van der Waals surface area contributed by atoms with Crippen LogP contribution < -0.4 is 5.32 Å². The molecule has 4 rings (SSSR count). The standard InChI is InChI=1S/C17H14N6OS2/c1-2-13-20-21-17(26-13)19-16(24)14-18-15(12-9-6-10-25-12)23(22-14)11-7-4-3-5-8-11/h3-10H,2H2,1H3,(H,19,21,24). The molecule has 0 unspecified atom stereocenters. The molecule has 0 atom stereocenters. The number of carbonyl (C=O) groups excluding carboxylic acids is 1. The lowest BCUT2D eigenvalue weighted by Crippen LogP contribution is -2.14. The van der Waals surface area contributed by atoms with Gasteiger partial charge in [0, 0.05) is 0 Å². The van der Waals surface area contributed by atoms with E-state index >= 15 is 0 Å². The van der Waals surface area contributed by atoms with Gasteiger partial charge >= 0.3 is 0 Å². The third-order valence-corrected chi connectivity index (χ3v) is 5.39. The Balaban J connectivity index is 1.69. The van der Waals surface area contributed by atoms with E-state index < -0.39 is 5.91 Å². The van der Waals surface area contributed by atoms with Crippen LogP contribution in [0.25, 0.3) is 16.4 Å². The van der Waals surface area contributed by atoms with E-state index in [1.54, 1.807) is 16.0 Å². The molecule has 130 valence electrons. The summed E-state index contributed by atoms with van der Waals surface area (Å²) in [6.07, 6.45) is 0.775. The van der Waals surface area contributed by atoms with E-state index in [1.165, 1.54) is 11.3 Å². The number of aryl methyl sites for hydroxylation is 1. The third-order valence-electron chi connectivity index (χ3n) is 3.54. The van der Waals surface area contributed by atoms with Gasteiger partial charge in [-0.15, -0.1) is 26.6 Å². The first-order valence-corrected chi connectivity index (χ1v) is 9.64. The van der Waals surface area contributed by atoms with Gasteiger partial charge in [0.1, 0.15) is 5.01 Å². The Labute approximate surface area is 157 Å². The lowest BCUT2D eigenvalue weighted by molar-refractivity contribution is 0.101. The number of nitrogens with one attached hydrogen (secondary N) is 1. The van der Waals surface area contributed by atoms with Gasteiger partial charge in [-0.3, -0.25) is 10.1 Å². The molecule has 0 fully saturated rings. The quantitative estimate of drug-likeness (QED) is 0.569. The van der Waals surface area contributed by atoms with Crippen molar-refractivity contribution in [2.24, 2.45) is 0 Å². The maximum atomic E-state index is 12.6. The van der Waals surface area contributed by atoms with Crippen molar-refractivity contribution < 1.29 is 4.79 Å². The molecule has 1 aromatic carbocycles. The summed E-state index contributed by atoms with van der Waals surface area (Å²) >= 11 is 2.89. The number of carbonyl (C=O) groups is 1. The van der Waals surface area contributed by atoms with Gasteiger partial charge in [0.25, 0.3) is 5.91 Å². The van der Waals surface area contributed by atoms with Crippen LogP contribution in [0.3, 0.4) is 0 Å². The topological polar surface area (TPSA) is 85.6 Å². The summed E-state index contributed by atoms with van der Waals surface area (Å²) in [6, 6.07) is 13.5. The highest BCUT2D eigenvalue weighted by atomic mass is 32.1. The highest BCUT2D eigenvalue weighted by molar-refractivity contribution is 7.15. The fourth-order valence-electron chi connectivity index (χ4n) is 2.32. The number of rotatable bonds is 5. The first-order valence-electron chi connectivity index (χ1n) is 7.94. The molecule has 9 heteroatoms. The number of aromatic nitrogens is 5. The molecule has 0 saturated carbocycles. The largest absolute Gasteiger partial charge is 0.297 e. The second-order valence-corrected chi connectivity index (χ2v) is 7.30. The van der Waals surface area contributed by atoms with Crippen molar-refractivity contribution in [1.29, 1.82) is 0 Å². The van der Waals surface area contributed by atoms with Gasteiger partial charge in [0.15, 0.2) is 5.82 Å². The van der Waals surface area contributed by atoms with E-state index in [-0.39, 0.29) is 5.82 Å². The highest BCUT2D eigenvalue weighted by Crippen LogP contribution is 2.26. The maximum absolute atomic E-state index is 12.6. The van der Waals surface area contributed by atoms with Gasteiger partial charge in [0.2, 0.25) is 11.0 Å². The fourth-order valence-corrected chi connectivity index (χ4v) is 3.70. The van der Waals surface area contributed by atoms with Crippen molar-refractivity contribution >= 4 is 33.7 Å². The van der Waals surface area contributed by atoms with Crippen LogP contribution in [0.4, 0.5) is 5.13 Å². The van der Waals surface area contributed by atoms with Crippen molar-refractivity contribution in [2.45, 2.75) is 13.3 Å². The molecule has 0 saturated heterocycles. The summed E-state index contributed by atoms with van der Waals surface area (Å²) < 4.78 is 1.68. The van der Waals surface area contributed by atoms with Gasteiger partial charge < -0.3 is 0 Å². The zero-order chi connectivity index (χ0) is 17.9. The summed E-state index contributed by atoms with van der Waals surface area (Å²) in [5, 5.41) is 18.4. The van der Waals surface area contributed by atoms with Crippen LogP contribution in [0, 0.1) is 0 Å². The minimum atomic E-state index is -0.406. The van der Waals surface area contributed by atoms with E-state index in [2.05, 4.69) is 25.6 Å². The molecule has 0 radical (unpaired) electrons. The number of para-hydroxylation sites is 1. The highest BCUT2D eigenvalue weighted by Gasteiger charge is 2.20. The van der Waals surface area contributed by atoms with Crippen molar-refractivity contribution in [3.63, 3.8) is 0 Å². The minimum Gasteiger partial charge on any atom is -0.294 e. The average Bonchev–Trinajstić information content (AvgIpc) is 3.41. The summed E-state index contributed by atoms with van der Waals surface area (Å²) in [5.74, 6) is 0.310. The Kier molecular flexibility index (Phi) is 4.55. The van der Waals surface area contributed by atoms with Crippen LogP contribution in [0.1, 0.15) is 22.6 Å². The molecule has 4 aromatic rings. The predicted octanol–water partition coefficient (Wildman–Crippen LogP) is 3.66. The molecule has 0 aliphatic rings. The maximum Gasteiger partial charge on any atom is 0.297 e. The molecule has 1 amide bonds. The number of nitrogens with zero attached hydrogens (tertiary/aromatic N) is 5. The van der Waals surface area contributed by atoms with Crippen molar-refractivity contribution in [1.82, 2.24) is 25.0 Å². The first-order chi connectivity index (χ1) is 12.7. The number of amides is 1. The second-order valence-electron chi connectivity index (χ2n) is 5.29. The molecule has 3 aromatic heterocycles. The van der Waals surface area contributed by atoms with Crippen molar-refractivity contribution in [3.8, 4) is 16.4 Å². The number of benzene rings is 1. The summed E-state index contributed by atoms with van der Waals surface area (Å²) in [6.45, 7) is 1.99. The normalized spacial score (nSPS) is 10.8. The van der Waals surface area contributed by atoms with Crippen LogP contribution in [-0.2, 0) is 6.42 Å². The smallest absolute Gasteiger partial charge is 0.294 e. The Morgan fingerprint density at radius 2 is 2.00 bits per heavy atom. The molecule has 0 aliphatic carbocycles. The molecule has 0 bridgehead atoms. The van der Waals surface area contributed by atoms with Crippen LogP contribution in [0.5, 0.6) is 0 Å². The summed E-state index contributed by atoms with van der Waals surface area (Å²) in [7, 11) is 0. The molecule has 0 aliphatic heterocycles. The van der Waals surface area contributed by atoms with Crippen molar-refractivity contribution in [3.05, 3.63) is 58.7 Å². The number of hydrogen-bond acceptors (Lipinski definition) is 7. The first kappa shape index (κ1) is 16.6. The molecule has 7 nitrogen and oxygen atoms in total. The van der Waals surface area contributed by atoms with E-state index in [9.17, 15) is 4.79 Å². The molecular formula is C17H14N6OS2. The lowest BCUT2D eigenvalue weighted by atomic mass is 10.3. The summed E-state index contributed by atoms with van der Waals surface area (Å²) in [5.41, 5.74) is 0.839. The van der Waals surface area contributed by atoms with Crippen molar-refractivity contribution in [2.75, 3.05) is 5.32 Å². The average molecular weight is 382 g/mol. The Bertz CT molecular complexity index is 1020. The number of anilines is 1. The van der Waals surface area contributed by atoms with E-state index in [4.69, 9.17) is 0 Å². The molecule has 3 heterocycles.